The molecule has 132 valence electrons. The van der Waals surface area contributed by atoms with Gasteiger partial charge in [0.05, 0.1) is 20.1 Å². The molecule has 0 saturated heterocycles. The van der Waals surface area contributed by atoms with E-state index in [4.69, 9.17) is 9.47 Å². The maximum atomic E-state index is 12.4. The first-order valence-corrected chi connectivity index (χ1v) is 8.23. The summed E-state index contributed by atoms with van der Waals surface area (Å²) in [6.45, 7) is 7.16. The smallest absolute Gasteiger partial charge is 0.307 e. The minimum absolute atomic E-state index is 0.115. The van der Waals surface area contributed by atoms with Crippen LogP contribution in [0.4, 0.5) is 0 Å². The molecule has 0 radical (unpaired) electrons. The minimum Gasteiger partial charge on any atom is -0.497 e. The van der Waals surface area contributed by atoms with Crippen LogP contribution in [0.1, 0.15) is 32.8 Å². The fraction of sp³-hybridized carbons (Fsp3) is 0.474. The van der Waals surface area contributed by atoms with Crippen molar-refractivity contribution >= 4 is 18.0 Å². The van der Waals surface area contributed by atoms with Gasteiger partial charge in [0.15, 0.2) is 0 Å². The number of hydrogen-bond acceptors (Lipinski definition) is 4. The molecular formula is C19H27NO4. The minimum atomic E-state index is -0.282. The van der Waals surface area contributed by atoms with E-state index in [-0.39, 0.29) is 18.3 Å². The van der Waals surface area contributed by atoms with Gasteiger partial charge in [0.2, 0.25) is 5.91 Å². The zero-order chi connectivity index (χ0) is 17.9. The van der Waals surface area contributed by atoms with E-state index in [1.165, 1.54) is 6.08 Å². The van der Waals surface area contributed by atoms with Gasteiger partial charge in [-0.1, -0.05) is 26.0 Å². The van der Waals surface area contributed by atoms with Crippen LogP contribution in [0.15, 0.2) is 30.3 Å². The number of methoxy groups -OCH3 is 1. The molecule has 1 aromatic carbocycles. The van der Waals surface area contributed by atoms with Gasteiger partial charge in [-0.05, 0) is 36.6 Å². The van der Waals surface area contributed by atoms with Gasteiger partial charge in [-0.2, -0.15) is 0 Å². The van der Waals surface area contributed by atoms with Crippen LogP contribution in [0.2, 0.25) is 0 Å². The molecule has 0 aliphatic carbocycles. The molecule has 0 atom stereocenters. The van der Waals surface area contributed by atoms with Crippen molar-refractivity contribution in [3.05, 3.63) is 35.9 Å². The summed E-state index contributed by atoms with van der Waals surface area (Å²) in [5.41, 5.74) is 0.887. The number of ether oxygens (including phenoxy) is 2. The fourth-order valence-corrected chi connectivity index (χ4v) is 2.21. The highest BCUT2D eigenvalue weighted by Gasteiger charge is 2.14. The van der Waals surface area contributed by atoms with Crippen molar-refractivity contribution < 1.29 is 19.1 Å². The first-order valence-electron chi connectivity index (χ1n) is 8.23. The summed E-state index contributed by atoms with van der Waals surface area (Å²) in [6.07, 6.45) is 3.49. The molecule has 0 fully saturated rings. The largest absolute Gasteiger partial charge is 0.497 e. The zero-order valence-electron chi connectivity index (χ0n) is 15.0. The second-order valence-corrected chi connectivity index (χ2v) is 5.84. The van der Waals surface area contributed by atoms with E-state index in [2.05, 4.69) is 0 Å². The summed E-state index contributed by atoms with van der Waals surface area (Å²) in [4.78, 5) is 25.6. The molecule has 5 heteroatoms. The summed E-state index contributed by atoms with van der Waals surface area (Å²) in [7, 11) is 1.60. The van der Waals surface area contributed by atoms with Crippen molar-refractivity contribution in [2.24, 2.45) is 5.92 Å². The van der Waals surface area contributed by atoms with Crippen LogP contribution in [0.5, 0.6) is 5.75 Å². The molecule has 0 spiro atoms. The van der Waals surface area contributed by atoms with Crippen molar-refractivity contribution in [2.45, 2.75) is 27.2 Å². The number of nitrogens with zero attached hydrogens (tertiary/aromatic N) is 1. The van der Waals surface area contributed by atoms with Gasteiger partial charge in [0.25, 0.3) is 0 Å². The third-order valence-electron chi connectivity index (χ3n) is 3.30. The predicted octanol–water partition coefficient (Wildman–Crippen LogP) is 3.15. The number of amides is 1. The molecule has 0 aromatic heterocycles. The average Bonchev–Trinajstić information content (AvgIpc) is 2.56. The third-order valence-corrected chi connectivity index (χ3v) is 3.30. The highest BCUT2D eigenvalue weighted by atomic mass is 16.5. The van der Waals surface area contributed by atoms with Crippen molar-refractivity contribution in [1.82, 2.24) is 4.90 Å². The number of benzene rings is 1. The Morgan fingerprint density at radius 1 is 1.29 bits per heavy atom. The quantitative estimate of drug-likeness (QED) is 0.514. The lowest BCUT2D eigenvalue weighted by Crippen LogP contribution is -2.35. The van der Waals surface area contributed by atoms with Crippen LogP contribution in [0.25, 0.3) is 6.08 Å². The Morgan fingerprint density at radius 3 is 2.67 bits per heavy atom. The van der Waals surface area contributed by atoms with E-state index in [1.54, 1.807) is 25.0 Å². The lowest BCUT2D eigenvalue weighted by atomic mass is 10.1. The second-order valence-electron chi connectivity index (χ2n) is 5.84. The Balaban J connectivity index is 2.72. The molecule has 1 rings (SSSR count). The van der Waals surface area contributed by atoms with E-state index in [1.807, 2.05) is 38.1 Å². The van der Waals surface area contributed by atoms with Gasteiger partial charge < -0.3 is 14.4 Å². The summed E-state index contributed by atoms with van der Waals surface area (Å²) in [5, 5.41) is 0. The van der Waals surface area contributed by atoms with E-state index >= 15 is 0 Å². The van der Waals surface area contributed by atoms with Crippen molar-refractivity contribution in [3.8, 4) is 5.75 Å². The number of rotatable bonds is 9. The number of carbonyl (C=O) groups excluding carboxylic acids is 2. The highest BCUT2D eigenvalue weighted by Crippen LogP contribution is 2.14. The normalized spacial score (nSPS) is 10.9. The van der Waals surface area contributed by atoms with Crippen LogP contribution in [0.3, 0.4) is 0 Å². The molecule has 0 N–H and O–H groups in total. The van der Waals surface area contributed by atoms with E-state index in [0.717, 1.165) is 11.3 Å². The molecule has 0 bridgehead atoms. The maximum absolute atomic E-state index is 12.4. The van der Waals surface area contributed by atoms with Crippen LogP contribution >= 0.6 is 0 Å². The van der Waals surface area contributed by atoms with Crippen LogP contribution in [-0.2, 0) is 14.3 Å². The molecule has 0 saturated carbocycles. The number of carbonyl (C=O) groups is 2. The van der Waals surface area contributed by atoms with Gasteiger partial charge >= 0.3 is 5.97 Å². The van der Waals surface area contributed by atoms with Gasteiger partial charge in [-0.15, -0.1) is 0 Å². The average molecular weight is 333 g/mol. The molecule has 0 aliphatic heterocycles. The molecule has 5 nitrogen and oxygen atoms in total. The Bertz CT molecular complexity index is 566. The molecule has 1 amide bonds. The van der Waals surface area contributed by atoms with Gasteiger partial charge in [0.1, 0.15) is 5.75 Å². The maximum Gasteiger partial charge on any atom is 0.307 e. The topological polar surface area (TPSA) is 55.8 Å². The summed E-state index contributed by atoms with van der Waals surface area (Å²) in [6, 6.07) is 7.48. The Kier molecular flexibility index (Phi) is 8.61. The number of hydrogen-bond donors (Lipinski definition) is 0. The van der Waals surface area contributed by atoms with Crippen LogP contribution in [0, 0.1) is 5.92 Å². The first-order chi connectivity index (χ1) is 11.5. The molecule has 0 heterocycles. The standard InChI is InChI=1S/C19H27NO4/c1-5-24-19(22)11-12-20(14-15(2)3)18(21)10-9-16-7-6-8-17(13-16)23-4/h6-10,13,15H,5,11-12,14H2,1-4H3/b10-9+. The lowest BCUT2D eigenvalue weighted by molar-refractivity contribution is -0.143. The molecule has 0 unspecified atom stereocenters. The molecule has 24 heavy (non-hydrogen) atoms. The molecule has 1 aromatic rings. The predicted molar refractivity (Wildman–Crippen MR) is 94.7 cm³/mol. The van der Waals surface area contributed by atoms with Gasteiger partial charge in [-0.25, -0.2) is 0 Å². The Labute approximate surface area is 144 Å². The Hall–Kier alpha value is -2.30. The Morgan fingerprint density at radius 2 is 2.04 bits per heavy atom. The van der Waals surface area contributed by atoms with Crippen molar-refractivity contribution in [3.63, 3.8) is 0 Å². The van der Waals surface area contributed by atoms with Crippen LogP contribution in [-0.4, -0.2) is 43.6 Å². The van der Waals surface area contributed by atoms with E-state index in [0.29, 0.717) is 25.6 Å². The number of esters is 1. The van der Waals surface area contributed by atoms with Gasteiger partial charge in [-0.3, -0.25) is 9.59 Å². The first kappa shape index (κ1) is 19.7. The lowest BCUT2D eigenvalue weighted by Gasteiger charge is -2.22. The monoisotopic (exact) mass is 333 g/mol. The van der Waals surface area contributed by atoms with Gasteiger partial charge in [0, 0.05) is 19.2 Å². The summed E-state index contributed by atoms with van der Waals surface area (Å²) >= 11 is 0. The summed E-state index contributed by atoms with van der Waals surface area (Å²) in [5.74, 6) is 0.666. The SMILES string of the molecule is CCOC(=O)CCN(CC(C)C)C(=O)/C=C/c1cccc(OC)c1. The fourth-order valence-electron chi connectivity index (χ4n) is 2.21. The van der Waals surface area contributed by atoms with Crippen molar-refractivity contribution in [1.29, 1.82) is 0 Å². The molecular weight excluding hydrogens is 306 g/mol. The zero-order valence-corrected chi connectivity index (χ0v) is 15.0. The van der Waals surface area contributed by atoms with Crippen LogP contribution < -0.4 is 4.74 Å². The third kappa shape index (κ3) is 7.31. The summed E-state index contributed by atoms with van der Waals surface area (Å²) < 4.78 is 10.1. The van der Waals surface area contributed by atoms with E-state index in [9.17, 15) is 9.59 Å². The second kappa shape index (κ2) is 10.5. The highest BCUT2D eigenvalue weighted by molar-refractivity contribution is 5.92. The van der Waals surface area contributed by atoms with E-state index < -0.39 is 0 Å². The molecule has 0 aliphatic rings. The van der Waals surface area contributed by atoms with Crippen molar-refractivity contribution in [2.75, 3.05) is 26.8 Å².